The molecule has 0 radical (unpaired) electrons. The lowest BCUT2D eigenvalue weighted by Gasteiger charge is -2.14. The number of carboxylic acid groups (broad SMARTS) is 1. The molecule has 118 valence electrons. The van der Waals surface area contributed by atoms with Gasteiger partial charge >= 0.3 is 5.97 Å². The summed E-state index contributed by atoms with van der Waals surface area (Å²) in [5.74, 6) is -1.18. The maximum Gasteiger partial charge on any atom is 0.335 e. The van der Waals surface area contributed by atoms with E-state index >= 15 is 0 Å². The molecule has 21 heavy (non-hydrogen) atoms. The standard InChI is InChI=1S/C14H21NO5S/c1-3-5-12(16)9-15-21(19,20)13-8-11(14(17)18)7-6-10(13)4-2/h6-8,12,15-16H,3-5,9H2,1-2H3,(H,17,18). The maximum absolute atomic E-state index is 12.3. The van der Waals surface area contributed by atoms with Crippen molar-refractivity contribution in [3.05, 3.63) is 29.3 Å². The monoisotopic (exact) mass is 315 g/mol. The van der Waals surface area contributed by atoms with Gasteiger partial charge in [0.1, 0.15) is 0 Å². The van der Waals surface area contributed by atoms with Gasteiger partial charge in [-0.2, -0.15) is 0 Å². The van der Waals surface area contributed by atoms with Gasteiger partial charge in [0.15, 0.2) is 0 Å². The molecule has 0 aliphatic rings. The molecule has 0 bridgehead atoms. The first-order chi connectivity index (χ1) is 9.81. The van der Waals surface area contributed by atoms with Gasteiger partial charge in [-0.15, -0.1) is 0 Å². The van der Waals surface area contributed by atoms with Crippen LogP contribution in [-0.2, 0) is 16.4 Å². The third kappa shape index (κ3) is 4.80. The molecule has 1 atom stereocenters. The molecule has 1 rings (SSSR count). The van der Waals surface area contributed by atoms with Crippen LogP contribution in [0.25, 0.3) is 0 Å². The first kappa shape index (κ1) is 17.6. The molecule has 0 aliphatic heterocycles. The minimum absolute atomic E-state index is 0.0476. The van der Waals surface area contributed by atoms with E-state index in [2.05, 4.69) is 4.72 Å². The number of rotatable bonds is 8. The van der Waals surface area contributed by atoms with Crippen molar-refractivity contribution < 1.29 is 23.4 Å². The Balaban J connectivity index is 3.05. The number of aliphatic hydroxyl groups excluding tert-OH is 1. The third-order valence-electron chi connectivity index (χ3n) is 3.12. The van der Waals surface area contributed by atoms with Gasteiger partial charge in [0, 0.05) is 6.54 Å². The van der Waals surface area contributed by atoms with E-state index in [1.165, 1.54) is 12.1 Å². The number of hydrogen-bond acceptors (Lipinski definition) is 4. The van der Waals surface area contributed by atoms with Gasteiger partial charge in [-0.1, -0.05) is 26.3 Å². The highest BCUT2D eigenvalue weighted by Crippen LogP contribution is 2.18. The summed E-state index contributed by atoms with van der Waals surface area (Å²) in [5.41, 5.74) is 0.458. The molecule has 0 aliphatic carbocycles. The average Bonchev–Trinajstić information content (AvgIpc) is 2.44. The summed E-state index contributed by atoms with van der Waals surface area (Å²) >= 11 is 0. The Morgan fingerprint density at radius 3 is 2.52 bits per heavy atom. The molecule has 1 aromatic carbocycles. The molecule has 0 aromatic heterocycles. The first-order valence-corrected chi connectivity index (χ1v) is 8.34. The Labute approximate surface area is 124 Å². The zero-order chi connectivity index (χ0) is 16.0. The van der Waals surface area contributed by atoms with Crippen molar-refractivity contribution in [2.75, 3.05) is 6.54 Å². The van der Waals surface area contributed by atoms with Crippen molar-refractivity contribution in [3.63, 3.8) is 0 Å². The number of sulfonamides is 1. The molecule has 0 saturated heterocycles. The number of aliphatic hydroxyl groups is 1. The first-order valence-electron chi connectivity index (χ1n) is 6.85. The molecule has 0 amide bonds. The molecular weight excluding hydrogens is 294 g/mol. The van der Waals surface area contributed by atoms with Gasteiger partial charge in [0.25, 0.3) is 0 Å². The Bertz CT molecular complexity index is 597. The lowest BCUT2D eigenvalue weighted by Crippen LogP contribution is -2.32. The molecule has 1 aromatic rings. The van der Waals surface area contributed by atoms with E-state index in [1.54, 1.807) is 6.92 Å². The SMILES string of the molecule is CCCC(O)CNS(=O)(=O)c1cc(C(=O)O)ccc1CC. The summed E-state index contributed by atoms with van der Waals surface area (Å²) < 4.78 is 26.9. The van der Waals surface area contributed by atoms with Crippen LogP contribution < -0.4 is 4.72 Å². The second-order valence-electron chi connectivity index (χ2n) is 4.78. The smallest absolute Gasteiger partial charge is 0.335 e. The van der Waals surface area contributed by atoms with E-state index in [9.17, 15) is 18.3 Å². The van der Waals surface area contributed by atoms with Gasteiger partial charge < -0.3 is 10.2 Å². The highest BCUT2D eigenvalue weighted by Gasteiger charge is 2.20. The topological polar surface area (TPSA) is 104 Å². The van der Waals surface area contributed by atoms with E-state index in [4.69, 9.17) is 5.11 Å². The Morgan fingerprint density at radius 2 is 2.00 bits per heavy atom. The second-order valence-corrected chi connectivity index (χ2v) is 6.51. The predicted octanol–water partition coefficient (Wildman–Crippen LogP) is 1.39. The molecule has 0 saturated carbocycles. The van der Waals surface area contributed by atoms with E-state index < -0.39 is 22.1 Å². The lowest BCUT2D eigenvalue weighted by atomic mass is 10.1. The van der Waals surface area contributed by atoms with Crippen LogP contribution in [0.3, 0.4) is 0 Å². The molecule has 0 fully saturated rings. The summed E-state index contributed by atoms with van der Waals surface area (Å²) in [6.45, 7) is 3.60. The van der Waals surface area contributed by atoms with Crippen LogP contribution in [0, 0.1) is 0 Å². The van der Waals surface area contributed by atoms with Gasteiger partial charge in [0.2, 0.25) is 10.0 Å². The summed E-state index contributed by atoms with van der Waals surface area (Å²) in [7, 11) is -3.85. The second kappa shape index (κ2) is 7.53. The molecular formula is C14H21NO5S. The summed E-state index contributed by atoms with van der Waals surface area (Å²) in [4.78, 5) is 10.9. The number of aromatic carboxylic acids is 1. The summed E-state index contributed by atoms with van der Waals surface area (Å²) in [6.07, 6.45) is 0.960. The lowest BCUT2D eigenvalue weighted by molar-refractivity contribution is 0.0696. The highest BCUT2D eigenvalue weighted by atomic mass is 32.2. The van der Waals surface area contributed by atoms with Crippen LogP contribution >= 0.6 is 0 Å². The molecule has 3 N–H and O–H groups in total. The number of nitrogens with one attached hydrogen (secondary N) is 1. The zero-order valence-corrected chi connectivity index (χ0v) is 13.0. The minimum Gasteiger partial charge on any atom is -0.478 e. The number of carbonyl (C=O) groups is 1. The van der Waals surface area contributed by atoms with Gasteiger partial charge in [-0.05, 0) is 30.5 Å². The van der Waals surface area contributed by atoms with Gasteiger partial charge in [-0.3, -0.25) is 0 Å². The number of hydrogen-bond donors (Lipinski definition) is 3. The largest absolute Gasteiger partial charge is 0.478 e. The van der Waals surface area contributed by atoms with E-state index in [1.807, 2.05) is 6.92 Å². The van der Waals surface area contributed by atoms with E-state index in [-0.39, 0.29) is 17.0 Å². The molecule has 0 spiro atoms. The summed E-state index contributed by atoms with van der Waals surface area (Å²) in [6, 6.07) is 4.03. The van der Waals surface area contributed by atoms with Crippen molar-refractivity contribution in [2.45, 2.75) is 44.1 Å². The van der Waals surface area contributed by atoms with Crippen molar-refractivity contribution >= 4 is 16.0 Å². The van der Waals surface area contributed by atoms with Crippen molar-refractivity contribution in [2.24, 2.45) is 0 Å². The summed E-state index contributed by atoms with van der Waals surface area (Å²) in [5, 5.41) is 18.6. The molecule has 7 heteroatoms. The van der Waals surface area contributed by atoms with Crippen molar-refractivity contribution in [1.29, 1.82) is 0 Å². The zero-order valence-electron chi connectivity index (χ0n) is 12.2. The highest BCUT2D eigenvalue weighted by molar-refractivity contribution is 7.89. The van der Waals surface area contributed by atoms with Crippen LogP contribution in [0.5, 0.6) is 0 Å². The Hall–Kier alpha value is -1.44. The van der Waals surface area contributed by atoms with Gasteiger partial charge in [0.05, 0.1) is 16.6 Å². The van der Waals surface area contributed by atoms with Gasteiger partial charge in [-0.25, -0.2) is 17.9 Å². The van der Waals surface area contributed by atoms with E-state index in [0.29, 0.717) is 18.4 Å². The van der Waals surface area contributed by atoms with Crippen molar-refractivity contribution in [3.8, 4) is 0 Å². The maximum atomic E-state index is 12.3. The fourth-order valence-corrected chi connectivity index (χ4v) is 3.36. The fourth-order valence-electron chi connectivity index (χ4n) is 1.95. The molecule has 6 nitrogen and oxygen atoms in total. The minimum atomic E-state index is -3.85. The number of carboxylic acids is 1. The number of benzene rings is 1. The van der Waals surface area contributed by atoms with Crippen LogP contribution in [-0.4, -0.2) is 37.2 Å². The van der Waals surface area contributed by atoms with Crippen LogP contribution in [0.15, 0.2) is 23.1 Å². The predicted molar refractivity (Wildman–Crippen MR) is 78.9 cm³/mol. The Kier molecular flexibility index (Phi) is 6.32. The fraction of sp³-hybridized carbons (Fsp3) is 0.500. The normalized spacial score (nSPS) is 13.1. The quantitative estimate of drug-likeness (QED) is 0.672. The average molecular weight is 315 g/mol. The van der Waals surface area contributed by atoms with Crippen molar-refractivity contribution in [1.82, 2.24) is 4.72 Å². The van der Waals surface area contributed by atoms with E-state index in [0.717, 1.165) is 12.5 Å². The molecule has 1 unspecified atom stereocenters. The Morgan fingerprint density at radius 1 is 1.33 bits per heavy atom. The van der Waals surface area contributed by atoms with Crippen LogP contribution in [0.4, 0.5) is 0 Å². The third-order valence-corrected chi connectivity index (χ3v) is 4.62. The van der Waals surface area contributed by atoms with Crippen LogP contribution in [0.1, 0.15) is 42.6 Å². The molecule has 0 heterocycles. The van der Waals surface area contributed by atoms with Crippen LogP contribution in [0.2, 0.25) is 0 Å². The number of aryl methyl sites for hydroxylation is 1.